The average Bonchev–Trinajstić information content (AvgIpc) is 2.90. The van der Waals surface area contributed by atoms with Gasteiger partial charge in [0.1, 0.15) is 6.61 Å². The van der Waals surface area contributed by atoms with Crippen molar-refractivity contribution in [3.8, 4) is 6.07 Å². The molecule has 4 nitrogen and oxygen atoms in total. The lowest BCUT2D eigenvalue weighted by Gasteiger charge is -2.05. The van der Waals surface area contributed by atoms with E-state index in [0.717, 1.165) is 4.47 Å². The van der Waals surface area contributed by atoms with Gasteiger partial charge in [-0.3, -0.25) is 0 Å². The van der Waals surface area contributed by atoms with E-state index in [-0.39, 0.29) is 6.61 Å². The van der Waals surface area contributed by atoms with Crippen LogP contribution in [0, 0.1) is 11.3 Å². The monoisotopic (exact) mass is 322 g/mol. The Labute approximate surface area is 116 Å². The molecule has 0 saturated heterocycles. The first-order valence-corrected chi connectivity index (χ1v) is 6.63. The van der Waals surface area contributed by atoms with E-state index in [0.29, 0.717) is 16.1 Å². The van der Waals surface area contributed by atoms with Crippen LogP contribution in [-0.2, 0) is 11.3 Å². The van der Waals surface area contributed by atoms with Crippen molar-refractivity contribution in [3.63, 3.8) is 0 Å². The first kappa shape index (κ1) is 12.7. The molecule has 1 aromatic heterocycles. The smallest absolute Gasteiger partial charge is 0.367 e. The number of rotatable bonds is 3. The van der Waals surface area contributed by atoms with Crippen molar-refractivity contribution < 1.29 is 9.53 Å². The largest absolute Gasteiger partial charge is 0.455 e. The highest BCUT2D eigenvalue weighted by Gasteiger charge is 2.11. The summed E-state index contributed by atoms with van der Waals surface area (Å²) in [5.41, 5.74) is 1.15. The van der Waals surface area contributed by atoms with Crippen molar-refractivity contribution >= 4 is 33.2 Å². The van der Waals surface area contributed by atoms with Crippen molar-refractivity contribution in [1.82, 2.24) is 4.98 Å². The minimum absolute atomic E-state index is 0.0641. The second-order valence-electron chi connectivity index (χ2n) is 3.33. The van der Waals surface area contributed by atoms with Crippen LogP contribution in [0.15, 0.2) is 34.2 Å². The number of carbonyl (C=O) groups excluding carboxylic acids is 1. The maximum absolute atomic E-state index is 11.6. The topological polar surface area (TPSA) is 63.0 Å². The molecular formula is C12H7BrN2O2S. The molecule has 0 aliphatic carbocycles. The Balaban J connectivity index is 2.07. The molecule has 6 heteroatoms. The van der Waals surface area contributed by atoms with Crippen LogP contribution in [0.2, 0.25) is 0 Å². The fourth-order valence-electron chi connectivity index (χ4n) is 1.31. The molecule has 0 spiro atoms. The molecule has 2 aromatic rings. The standard InChI is InChI=1S/C12H7BrN2O2S/c13-10-2-1-8(9(5-10)6-14)7-17-12(16)11-15-3-4-18-11/h1-5H,7H2. The van der Waals surface area contributed by atoms with Gasteiger partial charge in [-0.05, 0) is 12.1 Å². The minimum atomic E-state index is -0.475. The molecule has 1 heterocycles. The zero-order chi connectivity index (χ0) is 13.0. The number of nitrogens with zero attached hydrogens (tertiary/aromatic N) is 2. The zero-order valence-corrected chi connectivity index (χ0v) is 11.5. The van der Waals surface area contributed by atoms with E-state index < -0.39 is 5.97 Å². The van der Waals surface area contributed by atoms with Gasteiger partial charge in [0.25, 0.3) is 0 Å². The number of aromatic nitrogens is 1. The Kier molecular flexibility index (Phi) is 4.07. The number of hydrogen-bond donors (Lipinski definition) is 0. The quantitative estimate of drug-likeness (QED) is 0.814. The lowest BCUT2D eigenvalue weighted by Crippen LogP contribution is -2.05. The van der Waals surface area contributed by atoms with E-state index in [1.807, 2.05) is 0 Å². The van der Waals surface area contributed by atoms with Crippen LogP contribution >= 0.6 is 27.3 Å². The van der Waals surface area contributed by atoms with E-state index in [9.17, 15) is 4.79 Å². The molecule has 0 saturated carbocycles. The third-order valence-electron chi connectivity index (χ3n) is 2.16. The van der Waals surface area contributed by atoms with Gasteiger partial charge in [-0.2, -0.15) is 5.26 Å². The van der Waals surface area contributed by atoms with Crippen LogP contribution in [0.25, 0.3) is 0 Å². The average molecular weight is 323 g/mol. The molecule has 2 rings (SSSR count). The summed E-state index contributed by atoms with van der Waals surface area (Å²) in [5.74, 6) is -0.475. The van der Waals surface area contributed by atoms with Gasteiger partial charge in [0.2, 0.25) is 5.01 Å². The van der Waals surface area contributed by atoms with Crippen molar-refractivity contribution in [1.29, 1.82) is 5.26 Å². The number of halogens is 1. The number of nitriles is 1. The maximum Gasteiger partial charge on any atom is 0.367 e. The van der Waals surface area contributed by atoms with Crippen molar-refractivity contribution in [2.24, 2.45) is 0 Å². The van der Waals surface area contributed by atoms with Crippen LogP contribution in [0.5, 0.6) is 0 Å². The van der Waals surface area contributed by atoms with Gasteiger partial charge >= 0.3 is 5.97 Å². The molecule has 0 unspecified atom stereocenters. The van der Waals surface area contributed by atoms with Crippen LogP contribution in [-0.4, -0.2) is 11.0 Å². The first-order chi connectivity index (χ1) is 8.70. The molecule has 0 aliphatic heterocycles. The molecular weight excluding hydrogens is 316 g/mol. The number of benzene rings is 1. The van der Waals surface area contributed by atoms with Gasteiger partial charge in [-0.1, -0.05) is 22.0 Å². The number of esters is 1. The summed E-state index contributed by atoms with van der Waals surface area (Å²) in [6.45, 7) is 0.0641. The fraction of sp³-hybridized carbons (Fsp3) is 0.0833. The number of hydrogen-bond acceptors (Lipinski definition) is 5. The Hall–Kier alpha value is -1.71. The normalized spacial score (nSPS) is 9.78. The summed E-state index contributed by atoms with van der Waals surface area (Å²) in [7, 11) is 0. The van der Waals surface area contributed by atoms with Gasteiger partial charge in [0, 0.05) is 21.6 Å². The summed E-state index contributed by atoms with van der Waals surface area (Å²) < 4.78 is 5.91. The van der Waals surface area contributed by atoms with E-state index in [1.165, 1.54) is 11.3 Å². The van der Waals surface area contributed by atoms with Crippen molar-refractivity contribution in [3.05, 3.63) is 50.4 Å². The summed E-state index contributed by atoms with van der Waals surface area (Å²) >= 11 is 4.50. The molecule has 0 atom stereocenters. The Morgan fingerprint density at radius 1 is 1.56 bits per heavy atom. The molecule has 0 bridgehead atoms. The van der Waals surface area contributed by atoms with Crippen LogP contribution in [0.3, 0.4) is 0 Å². The number of thiazole rings is 1. The Morgan fingerprint density at radius 2 is 2.39 bits per heavy atom. The van der Waals surface area contributed by atoms with Gasteiger partial charge in [0.05, 0.1) is 11.6 Å². The van der Waals surface area contributed by atoms with Crippen LogP contribution in [0.1, 0.15) is 20.9 Å². The molecule has 90 valence electrons. The van der Waals surface area contributed by atoms with Gasteiger partial charge in [-0.15, -0.1) is 11.3 Å². The second-order valence-corrected chi connectivity index (χ2v) is 5.14. The maximum atomic E-state index is 11.6. The summed E-state index contributed by atoms with van der Waals surface area (Å²) in [5, 5.41) is 11.0. The van der Waals surface area contributed by atoms with Crippen LogP contribution in [0.4, 0.5) is 0 Å². The molecule has 0 fully saturated rings. The SMILES string of the molecule is N#Cc1cc(Br)ccc1COC(=O)c1nccs1. The molecule has 0 N–H and O–H groups in total. The van der Waals surface area contributed by atoms with E-state index in [2.05, 4.69) is 27.0 Å². The minimum Gasteiger partial charge on any atom is -0.455 e. The van der Waals surface area contributed by atoms with Gasteiger partial charge < -0.3 is 4.74 Å². The van der Waals surface area contributed by atoms with Crippen LogP contribution < -0.4 is 0 Å². The number of ether oxygens (including phenoxy) is 1. The third kappa shape index (κ3) is 2.94. The summed E-state index contributed by atoms with van der Waals surface area (Å²) in [6, 6.07) is 7.29. The molecule has 18 heavy (non-hydrogen) atoms. The highest BCUT2D eigenvalue weighted by molar-refractivity contribution is 9.10. The molecule has 0 aliphatic rings. The first-order valence-electron chi connectivity index (χ1n) is 4.96. The zero-order valence-electron chi connectivity index (χ0n) is 9.09. The van der Waals surface area contributed by atoms with E-state index >= 15 is 0 Å². The van der Waals surface area contributed by atoms with E-state index in [4.69, 9.17) is 10.00 Å². The fourth-order valence-corrected chi connectivity index (χ4v) is 2.20. The van der Waals surface area contributed by atoms with Crippen molar-refractivity contribution in [2.75, 3.05) is 0 Å². The summed E-state index contributed by atoms with van der Waals surface area (Å²) in [6.07, 6.45) is 1.54. The Morgan fingerprint density at radius 3 is 3.06 bits per heavy atom. The third-order valence-corrected chi connectivity index (χ3v) is 3.40. The molecule has 0 amide bonds. The molecule has 1 aromatic carbocycles. The lowest BCUT2D eigenvalue weighted by atomic mass is 10.1. The lowest BCUT2D eigenvalue weighted by molar-refractivity contribution is 0.0472. The van der Waals surface area contributed by atoms with Crippen molar-refractivity contribution in [2.45, 2.75) is 6.61 Å². The van der Waals surface area contributed by atoms with E-state index in [1.54, 1.807) is 29.8 Å². The Bertz CT molecular complexity index is 605. The predicted molar refractivity (Wildman–Crippen MR) is 70.1 cm³/mol. The molecule has 0 radical (unpaired) electrons. The van der Waals surface area contributed by atoms with Gasteiger partial charge in [0.15, 0.2) is 0 Å². The highest BCUT2D eigenvalue weighted by atomic mass is 79.9. The second kappa shape index (κ2) is 5.76. The summed E-state index contributed by atoms with van der Waals surface area (Å²) in [4.78, 5) is 15.4. The number of carbonyl (C=O) groups is 1. The predicted octanol–water partition coefficient (Wildman–Crippen LogP) is 3.13. The highest BCUT2D eigenvalue weighted by Crippen LogP contribution is 2.17. The van der Waals surface area contributed by atoms with Gasteiger partial charge in [-0.25, -0.2) is 9.78 Å².